The standard InChI is InChI=1S/C12H13BrN2O.C8H6BrN/c13-9-4-3-5-10-12(9)14-8-15(10)11-6-1-2-7-16-11;9-7-3-1-2-6-4-5-10-8(6)7/h3-5,8,11H,1-2,6-7H2;1-3,5H,4H2. The van der Waals surface area contributed by atoms with Crippen LogP contribution in [-0.4, -0.2) is 22.4 Å². The molecule has 0 amide bonds. The Morgan fingerprint density at radius 1 is 1.04 bits per heavy atom. The number of aliphatic imine (C=N–C) groups is 1. The van der Waals surface area contributed by atoms with E-state index >= 15 is 0 Å². The summed E-state index contributed by atoms with van der Waals surface area (Å²) < 4.78 is 10.1. The van der Waals surface area contributed by atoms with Crippen molar-refractivity contribution in [3.63, 3.8) is 0 Å². The normalized spacial score (nSPS) is 18.5. The molecule has 0 radical (unpaired) electrons. The minimum atomic E-state index is 0.160. The Morgan fingerprint density at radius 3 is 2.69 bits per heavy atom. The van der Waals surface area contributed by atoms with Crippen molar-refractivity contribution >= 4 is 54.8 Å². The molecule has 1 atom stereocenters. The molecule has 1 fully saturated rings. The number of ether oxygens (including phenoxy) is 1. The lowest BCUT2D eigenvalue weighted by Crippen LogP contribution is -2.17. The summed E-state index contributed by atoms with van der Waals surface area (Å²) in [6, 6.07) is 12.3. The van der Waals surface area contributed by atoms with Crippen LogP contribution in [0.5, 0.6) is 0 Å². The molecule has 5 rings (SSSR count). The van der Waals surface area contributed by atoms with E-state index in [9.17, 15) is 0 Å². The van der Waals surface area contributed by atoms with Crippen LogP contribution in [0.15, 0.2) is 56.7 Å². The first-order valence-corrected chi connectivity index (χ1v) is 10.4. The Hall–Kier alpha value is -1.50. The summed E-state index contributed by atoms with van der Waals surface area (Å²) in [5.74, 6) is 0. The monoisotopic (exact) mass is 475 g/mol. The highest BCUT2D eigenvalue weighted by atomic mass is 79.9. The number of halogens is 2. The molecule has 6 heteroatoms. The van der Waals surface area contributed by atoms with Crippen molar-refractivity contribution in [3.05, 3.63) is 57.2 Å². The number of aromatic nitrogens is 2. The first-order chi connectivity index (χ1) is 12.7. The topological polar surface area (TPSA) is 39.4 Å². The molecule has 0 saturated carbocycles. The zero-order valence-corrected chi connectivity index (χ0v) is 17.4. The third-order valence-electron chi connectivity index (χ3n) is 4.62. The summed E-state index contributed by atoms with van der Waals surface area (Å²) in [4.78, 5) is 8.66. The van der Waals surface area contributed by atoms with Crippen LogP contribution in [-0.2, 0) is 11.2 Å². The second-order valence-corrected chi connectivity index (χ2v) is 8.05. The Bertz CT molecular complexity index is 945. The quantitative estimate of drug-likeness (QED) is 0.419. The average Bonchev–Trinajstić information content (AvgIpc) is 3.31. The maximum atomic E-state index is 5.78. The van der Waals surface area contributed by atoms with Gasteiger partial charge in [-0.2, -0.15) is 0 Å². The third-order valence-corrected chi connectivity index (χ3v) is 5.90. The van der Waals surface area contributed by atoms with Crippen LogP contribution in [0, 0.1) is 0 Å². The fraction of sp³-hybridized carbons (Fsp3) is 0.300. The molecule has 134 valence electrons. The lowest BCUT2D eigenvalue weighted by molar-refractivity contribution is -0.0295. The molecule has 2 aliphatic rings. The minimum Gasteiger partial charge on any atom is -0.358 e. The predicted molar refractivity (Wildman–Crippen MR) is 112 cm³/mol. The van der Waals surface area contributed by atoms with Crippen molar-refractivity contribution in [1.29, 1.82) is 0 Å². The van der Waals surface area contributed by atoms with Gasteiger partial charge in [-0.25, -0.2) is 4.98 Å². The van der Waals surface area contributed by atoms with Crippen molar-refractivity contribution in [2.45, 2.75) is 31.9 Å². The van der Waals surface area contributed by atoms with Crippen molar-refractivity contribution < 1.29 is 4.74 Å². The molecular weight excluding hydrogens is 458 g/mol. The van der Waals surface area contributed by atoms with Crippen molar-refractivity contribution in [2.24, 2.45) is 4.99 Å². The highest BCUT2D eigenvalue weighted by molar-refractivity contribution is 9.11. The van der Waals surface area contributed by atoms with Gasteiger partial charge in [0, 0.05) is 28.2 Å². The third kappa shape index (κ3) is 3.63. The van der Waals surface area contributed by atoms with Gasteiger partial charge in [0.15, 0.2) is 0 Å². The molecule has 1 unspecified atom stereocenters. The maximum Gasteiger partial charge on any atom is 0.135 e. The molecule has 3 aromatic rings. The van der Waals surface area contributed by atoms with E-state index in [1.54, 1.807) is 0 Å². The maximum absolute atomic E-state index is 5.78. The number of nitrogens with zero attached hydrogens (tertiary/aromatic N) is 3. The first kappa shape index (κ1) is 17.9. The van der Waals surface area contributed by atoms with E-state index in [0.717, 1.165) is 45.1 Å². The molecule has 1 saturated heterocycles. The summed E-state index contributed by atoms with van der Waals surface area (Å²) >= 11 is 6.95. The number of rotatable bonds is 1. The van der Waals surface area contributed by atoms with Crippen LogP contribution < -0.4 is 0 Å². The van der Waals surface area contributed by atoms with Gasteiger partial charge in [0.1, 0.15) is 11.7 Å². The molecule has 0 N–H and O–H groups in total. The summed E-state index contributed by atoms with van der Waals surface area (Å²) in [6.45, 7) is 0.859. The van der Waals surface area contributed by atoms with Crippen LogP contribution in [0.25, 0.3) is 11.0 Å². The van der Waals surface area contributed by atoms with Crippen LogP contribution in [0.2, 0.25) is 0 Å². The lowest BCUT2D eigenvalue weighted by Gasteiger charge is -2.24. The van der Waals surface area contributed by atoms with E-state index in [-0.39, 0.29) is 6.23 Å². The predicted octanol–water partition coefficient (Wildman–Crippen LogP) is 6.21. The number of para-hydroxylation sites is 2. The smallest absolute Gasteiger partial charge is 0.135 e. The highest BCUT2D eigenvalue weighted by Gasteiger charge is 2.18. The molecule has 0 aliphatic carbocycles. The number of imidazole rings is 1. The van der Waals surface area contributed by atoms with Crippen LogP contribution in [0.3, 0.4) is 0 Å². The molecule has 2 aliphatic heterocycles. The molecule has 26 heavy (non-hydrogen) atoms. The van der Waals surface area contributed by atoms with E-state index in [1.807, 2.05) is 36.8 Å². The van der Waals surface area contributed by atoms with Gasteiger partial charge in [-0.1, -0.05) is 18.2 Å². The van der Waals surface area contributed by atoms with Gasteiger partial charge in [0.2, 0.25) is 0 Å². The second kappa shape index (κ2) is 8.03. The van der Waals surface area contributed by atoms with Crippen molar-refractivity contribution in [2.75, 3.05) is 6.61 Å². The van der Waals surface area contributed by atoms with Gasteiger partial charge in [-0.3, -0.25) is 4.99 Å². The fourth-order valence-electron chi connectivity index (χ4n) is 3.30. The Morgan fingerprint density at radius 2 is 1.88 bits per heavy atom. The van der Waals surface area contributed by atoms with E-state index in [0.29, 0.717) is 0 Å². The van der Waals surface area contributed by atoms with Gasteiger partial charge in [-0.05, 0) is 74.9 Å². The van der Waals surface area contributed by atoms with Crippen LogP contribution >= 0.6 is 31.9 Å². The number of benzene rings is 2. The lowest BCUT2D eigenvalue weighted by atomic mass is 10.2. The molecule has 0 spiro atoms. The van der Waals surface area contributed by atoms with Gasteiger partial charge in [-0.15, -0.1) is 0 Å². The second-order valence-electron chi connectivity index (χ2n) is 6.34. The molecule has 4 nitrogen and oxygen atoms in total. The number of hydrogen-bond acceptors (Lipinski definition) is 3. The largest absolute Gasteiger partial charge is 0.358 e. The van der Waals surface area contributed by atoms with Gasteiger partial charge >= 0.3 is 0 Å². The summed E-state index contributed by atoms with van der Waals surface area (Å²) in [6.07, 6.45) is 8.45. The van der Waals surface area contributed by atoms with Crippen LogP contribution in [0.1, 0.15) is 31.1 Å². The average molecular weight is 477 g/mol. The van der Waals surface area contributed by atoms with E-state index in [4.69, 9.17) is 4.74 Å². The van der Waals surface area contributed by atoms with Crippen molar-refractivity contribution in [3.8, 4) is 0 Å². The molecule has 1 aromatic heterocycles. The SMILES string of the molecule is Brc1cccc2c1N=CC2.Brc1cccc2c1ncn2C1CCCCO1. The minimum absolute atomic E-state index is 0.160. The molecule has 0 bridgehead atoms. The molecular formula is C20H19Br2N3O. The highest BCUT2D eigenvalue weighted by Crippen LogP contribution is 2.32. The first-order valence-electron chi connectivity index (χ1n) is 8.76. The van der Waals surface area contributed by atoms with Gasteiger partial charge in [0.05, 0.1) is 17.5 Å². The summed E-state index contributed by atoms with van der Waals surface area (Å²) in [5, 5.41) is 0. The van der Waals surface area contributed by atoms with Crippen LogP contribution in [0.4, 0.5) is 5.69 Å². The van der Waals surface area contributed by atoms with E-state index in [1.165, 1.54) is 18.4 Å². The Balaban J connectivity index is 0.000000144. The Kier molecular flexibility index (Phi) is 5.52. The zero-order valence-electron chi connectivity index (χ0n) is 14.2. The number of hydrogen-bond donors (Lipinski definition) is 0. The van der Waals surface area contributed by atoms with Gasteiger partial charge < -0.3 is 9.30 Å². The van der Waals surface area contributed by atoms with Gasteiger partial charge in [0.25, 0.3) is 0 Å². The molecule has 2 aromatic carbocycles. The summed E-state index contributed by atoms with van der Waals surface area (Å²) in [7, 11) is 0. The number of fused-ring (bicyclic) bond motifs is 2. The molecule has 3 heterocycles. The van der Waals surface area contributed by atoms with Crippen molar-refractivity contribution in [1.82, 2.24) is 9.55 Å². The fourth-order valence-corrected chi connectivity index (χ4v) is 4.27. The summed E-state index contributed by atoms with van der Waals surface area (Å²) in [5.41, 5.74) is 4.56. The zero-order chi connectivity index (χ0) is 17.9. The Labute approximate surface area is 169 Å². The van der Waals surface area contributed by atoms with E-state index in [2.05, 4.69) is 58.5 Å². The van der Waals surface area contributed by atoms with E-state index < -0.39 is 0 Å².